The summed E-state index contributed by atoms with van der Waals surface area (Å²) in [5, 5.41) is 13.3. The van der Waals surface area contributed by atoms with Crippen molar-refractivity contribution in [2.24, 2.45) is 16.8 Å². The Morgan fingerprint density at radius 3 is 2.63 bits per heavy atom. The molecule has 0 aliphatic rings. The van der Waals surface area contributed by atoms with Crippen LogP contribution in [-0.2, 0) is 11.0 Å². The maximum absolute atomic E-state index is 12.5. The van der Waals surface area contributed by atoms with Gasteiger partial charge in [0.25, 0.3) is 0 Å². The SMILES string of the molecule is CC(C(=O)Nc1cccc(C(F)(F)F)c1)C(N)=NO. The first kappa shape index (κ1) is 14.8. The molecule has 0 radical (unpaired) electrons. The van der Waals surface area contributed by atoms with E-state index >= 15 is 0 Å². The number of amidine groups is 1. The number of hydrogen-bond donors (Lipinski definition) is 3. The number of benzene rings is 1. The average molecular weight is 275 g/mol. The molecule has 0 saturated carbocycles. The fraction of sp³-hybridized carbons (Fsp3) is 0.273. The van der Waals surface area contributed by atoms with Crippen molar-refractivity contribution < 1.29 is 23.2 Å². The Kier molecular flexibility index (Phi) is 4.36. The molecule has 19 heavy (non-hydrogen) atoms. The Bertz CT molecular complexity index is 500. The smallest absolute Gasteiger partial charge is 0.409 e. The van der Waals surface area contributed by atoms with Crippen LogP contribution in [0.1, 0.15) is 12.5 Å². The van der Waals surface area contributed by atoms with Gasteiger partial charge in [0, 0.05) is 5.69 Å². The highest BCUT2D eigenvalue weighted by Crippen LogP contribution is 2.30. The number of carbonyl (C=O) groups excluding carboxylic acids is 1. The molecular weight excluding hydrogens is 263 g/mol. The second kappa shape index (κ2) is 5.59. The van der Waals surface area contributed by atoms with E-state index in [4.69, 9.17) is 10.9 Å². The summed E-state index contributed by atoms with van der Waals surface area (Å²) in [5.74, 6) is -1.96. The van der Waals surface area contributed by atoms with E-state index in [9.17, 15) is 18.0 Å². The molecule has 1 amide bonds. The van der Waals surface area contributed by atoms with Crippen molar-refractivity contribution in [3.05, 3.63) is 29.8 Å². The summed E-state index contributed by atoms with van der Waals surface area (Å²) in [6, 6.07) is 4.18. The van der Waals surface area contributed by atoms with Crippen LogP contribution in [0.15, 0.2) is 29.4 Å². The summed E-state index contributed by atoms with van der Waals surface area (Å²) >= 11 is 0. The number of oxime groups is 1. The predicted molar refractivity (Wildman–Crippen MR) is 62.6 cm³/mol. The van der Waals surface area contributed by atoms with Crippen LogP contribution >= 0.6 is 0 Å². The largest absolute Gasteiger partial charge is 0.416 e. The van der Waals surface area contributed by atoms with E-state index in [-0.39, 0.29) is 11.5 Å². The molecule has 1 unspecified atom stereocenters. The average Bonchev–Trinajstić information content (AvgIpc) is 2.36. The number of anilines is 1. The molecule has 1 atom stereocenters. The summed E-state index contributed by atoms with van der Waals surface area (Å²) in [6.07, 6.45) is -4.49. The zero-order valence-electron chi connectivity index (χ0n) is 9.90. The number of rotatable bonds is 3. The van der Waals surface area contributed by atoms with Crippen molar-refractivity contribution in [1.29, 1.82) is 0 Å². The van der Waals surface area contributed by atoms with Crippen LogP contribution < -0.4 is 11.1 Å². The van der Waals surface area contributed by atoms with Gasteiger partial charge >= 0.3 is 6.18 Å². The van der Waals surface area contributed by atoms with Crippen LogP contribution in [0, 0.1) is 5.92 Å². The number of nitrogens with two attached hydrogens (primary N) is 1. The van der Waals surface area contributed by atoms with E-state index in [0.29, 0.717) is 0 Å². The van der Waals surface area contributed by atoms with Crippen LogP contribution in [-0.4, -0.2) is 17.0 Å². The highest BCUT2D eigenvalue weighted by atomic mass is 19.4. The van der Waals surface area contributed by atoms with E-state index in [0.717, 1.165) is 12.1 Å². The molecule has 1 aromatic carbocycles. The quantitative estimate of drug-likeness (QED) is 0.341. The topological polar surface area (TPSA) is 87.7 Å². The zero-order chi connectivity index (χ0) is 14.6. The van der Waals surface area contributed by atoms with Crippen LogP contribution in [0.5, 0.6) is 0 Å². The van der Waals surface area contributed by atoms with E-state index in [1.54, 1.807) is 0 Å². The van der Waals surface area contributed by atoms with Crippen molar-refractivity contribution in [2.45, 2.75) is 13.1 Å². The fourth-order valence-electron chi connectivity index (χ4n) is 1.24. The van der Waals surface area contributed by atoms with Gasteiger partial charge in [-0.1, -0.05) is 11.2 Å². The second-order valence-corrected chi connectivity index (χ2v) is 3.81. The normalized spacial score (nSPS) is 14.0. The van der Waals surface area contributed by atoms with Crippen LogP contribution in [0.2, 0.25) is 0 Å². The summed E-state index contributed by atoms with van der Waals surface area (Å²) in [4.78, 5) is 11.6. The number of hydrogen-bond acceptors (Lipinski definition) is 3. The number of nitrogens with zero attached hydrogens (tertiary/aromatic N) is 1. The number of halogens is 3. The van der Waals surface area contributed by atoms with E-state index in [1.165, 1.54) is 19.1 Å². The Morgan fingerprint density at radius 1 is 1.47 bits per heavy atom. The Hall–Kier alpha value is -2.25. The van der Waals surface area contributed by atoms with Crippen LogP contribution in [0.25, 0.3) is 0 Å². The Morgan fingerprint density at radius 2 is 2.11 bits per heavy atom. The molecule has 0 heterocycles. The number of amides is 1. The summed E-state index contributed by atoms with van der Waals surface area (Å²) in [7, 11) is 0. The first-order valence-corrected chi connectivity index (χ1v) is 5.21. The van der Waals surface area contributed by atoms with Gasteiger partial charge in [0.15, 0.2) is 5.84 Å². The molecule has 0 aliphatic carbocycles. The lowest BCUT2D eigenvalue weighted by Crippen LogP contribution is -2.32. The third kappa shape index (κ3) is 3.87. The molecule has 0 saturated heterocycles. The molecule has 0 spiro atoms. The van der Waals surface area contributed by atoms with Crippen molar-refractivity contribution in [3.8, 4) is 0 Å². The van der Waals surface area contributed by atoms with Gasteiger partial charge in [-0.3, -0.25) is 4.79 Å². The van der Waals surface area contributed by atoms with E-state index in [1.807, 2.05) is 0 Å². The first-order chi connectivity index (χ1) is 8.75. The third-order valence-electron chi connectivity index (χ3n) is 2.41. The van der Waals surface area contributed by atoms with Gasteiger partial charge in [0.1, 0.15) is 0 Å². The molecule has 0 bridgehead atoms. The summed E-state index contributed by atoms with van der Waals surface area (Å²) in [5.41, 5.74) is 4.34. The molecule has 4 N–H and O–H groups in total. The molecule has 0 fully saturated rings. The van der Waals surface area contributed by atoms with Gasteiger partial charge in [0.2, 0.25) is 5.91 Å². The molecule has 104 valence electrons. The highest BCUT2D eigenvalue weighted by Gasteiger charge is 2.30. The molecule has 5 nitrogen and oxygen atoms in total. The van der Waals surface area contributed by atoms with Crippen molar-refractivity contribution in [2.75, 3.05) is 5.32 Å². The van der Waals surface area contributed by atoms with Gasteiger partial charge in [-0.15, -0.1) is 0 Å². The van der Waals surface area contributed by atoms with Crippen LogP contribution in [0.3, 0.4) is 0 Å². The van der Waals surface area contributed by atoms with Gasteiger partial charge < -0.3 is 16.3 Å². The van der Waals surface area contributed by atoms with Crippen LogP contribution in [0.4, 0.5) is 18.9 Å². The molecule has 1 aromatic rings. The maximum atomic E-state index is 12.5. The van der Waals surface area contributed by atoms with Crippen molar-refractivity contribution in [3.63, 3.8) is 0 Å². The maximum Gasteiger partial charge on any atom is 0.416 e. The standard InChI is InChI=1S/C11H12F3N3O2/c1-6(9(15)17-19)10(18)16-8-4-2-3-7(5-8)11(12,13)14/h2-6,19H,1H3,(H2,15,17)(H,16,18). The Labute approximate surface area is 106 Å². The van der Waals surface area contributed by atoms with E-state index < -0.39 is 23.6 Å². The van der Waals surface area contributed by atoms with Gasteiger partial charge in [-0.2, -0.15) is 13.2 Å². The third-order valence-corrected chi connectivity index (χ3v) is 2.41. The first-order valence-electron chi connectivity index (χ1n) is 5.21. The second-order valence-electron chi connectivity index (χ2n) is 3.81. The van der Waals surface area contributed by atoms with Gasteiger partial charge in [-0.05, 0) is 25.1 Å². The zero-order valence-corrected chi connectivity index (χ0v) is 9.90. The number of alkyl halides is 3. The monoisotopic (exact) mass is 275 g/mol. The van der Waals surface area contributed by atoms with Crippen molar-refractivity contribution >= 4 is 17.4 Å². The summed E-state index contributed by atoms with van der Waals surface area (Å²) < 4.78 is 37.4. The predicted octanol–water partition coefficient (Wildman–Crippen LogP) is 2.03. The summed E-state index contributed by atoms with van der Waals surface area (Å²) in [6.45, 7) is 1.36. The molecular formula is C11H12F3N3O2. The van der Waals surface area contributed by atoms with Crippen molar-refractivity contribution in [1.82, 2.24) is 0 Å². The minimum absolute atomic E-state index is 0.0163. The molecule has 8 heteroatoms. The minimum Gasteiger partial charge on any atom is -0.409 e. The molecule has 1 rings (SSSR count). The lowest BCUT2D eigenvalue weighted by atomic mass is 10.1. The molecule has 0 aromatic heterocycles. The number of nitrogens with one attached hydrogen (secondary N) is 1. The highest BCUT2D eigenvalue weighted by molar-refractivity contribution is 6.07. The molecule has 0 aliphatic heterocycles. The minimum atomic E-state index is -4.49. The van der Waals surface area contributed by atoms with Gasteiger partial charge in [-0.25, -0.2) is 0 Å². The lowest BCUT2D eigenvalue weighted by molar-refractivity contribution is -0.137. The van der Waals surface area contributed by atoms with Gasteiger partial charge in [0.05, 0.1) is 11.5 Å². The van der Waals surface area contributed by atoms with E-state index in [2.05, 4.69) is 10.5 Å². The fourth-order valence-corrected chi connectivity index (χ4v) is 1.24. The lowest BCUT2D eigenvalue weighted by Gasteiger charge is -2.12. The Balaban J connectivity index is 2.86. The number of carbonyl (C=O) groups is 1.